The zero-order valence-corrected chi connectivity index (χ0v) is 21.7. The molecule has 0 saturated carbocycles. The molecule has 2 atom stereocenters. The maximum absolute atomic E-state index is 13.0. The van der Waals surface area contributed by atoms with Crippen LogP contribution in [0.3, 0.4) is 0 Å². The summed E-state index contributed by atoms with van der Waals surface area (Å²) in [6.45, 7) is 3.59. The summed E-state index contributed by atoms with van der Waals surface area (Å²) in [6, 6.07) is 2.81. The number of aliphatic carboxylic acids is 1. The SMILES string of the molecule is C=CCON=C(C(=O)NC1C(=O)N2C(C(=O)O)=C(CS/C=C\c3cccnc3)CS[C@@H]12)c1csc(N)n1. The number of thiazole rings is 1. The number of aromatic nitrogens is 2. The zero-order valence-electron chi connectivity index (χ0n) is 19.3. The lowest BCUT2D eigenvalue weighted by Crippen LogP contribution is -2.71. The van der Waals surface area contributed by atoms with Crippen molar-refractivity contribution in [3.63, 3.8) is 0 Å². The third kappa shape index (κ3) is 6.03. The third-order valence-electron chi connectivity index (χ3n) is 5.16. The highest BCUT2D eigenvalue weighted by Crippen LogP contribution is 2.41. The standard InChI is InChI=1S/C23H22N6O5S3/c1-2-7-34-28-16(15-12-37-23(24)26-15)19(30)27-17-20(31)29-18(22(32)33)14(11-36-21(17)29)10-35-8-5-13-4-3-6-25-9-13/h2-6,8-9,12,17,21H,1,7,10-11H2,(H2,24,26)(H,27,30)(H,32,33)/b8-5-,28-16?/t17?,21-/m0/s1. The lowest BCUT2D eigenvalue weighted by atomic mass is 10.0. The molecule has 2 aromatic rings. The molecule has 2 amide bonds. The first kappa shape index (κ1) is 26.4. The highest BCUT2D eigenvalue weighted by molar-refractivity contribution is 8.02. The molecule has 2 aromatic heterocycles. The van der Waals surface area contributed by atoms with E-state index in [1.165, 1.54) is 34.5 Å². The van der Waals surface area contributed by atoms with Gasteiger partial charge < -0.3 is 21.0 Å². The number of nitrogens with zero attached hydrogens (tertiary/aromatic N) is 4. The molecule has 4 N–H and O–H groups in total. The van der Waals surface area contributed by atoms with Crippen LogP contribution in [0.1, 0.15) is 11.3 Å². The molecule has 0 radical (unpaired) electrons. The minimum atomic E-state index is -1.19. The topological polar surface area (TPSA) is 160 Å². The third-order valence-corrected chi connectivity index (χ3v) is 8.02. The Morgan fingerprint density at radius 2 is 2.30 bits per heavy atom. The summed E-state index contributed by atoms with van der Waals surface area (Å²) in [6.07, 6.45) is 6.75. The van der Waals surface area contributed by atoms with Crippen LogP contribution in [0.4, 0.5) is 5.13 Å². The van der Waals surface area contributed by atoms with E-state index in [1.54, 1.807) is 17.8 Å². The maximum atomic E-state index is 13.0. The van der Waals surface area contributed by atoms with E-state index in [4.69, 9.17) is 10.6 Å². The average Bonchev–Trinajstić information content (AvgIpc) is 3.33. The number of thioether (sulfide) groups is 2. The van der Waals surface area contributed by atoms with E-state index in [9.17, 15) is 19.5 Å². The van der Waals surface area contributed by atoms with E-state index in [-0.39, 0.29) is 28.8 Å². The molecule has 14 heteroatoms. The molecule has 0 spiro atoms. The summed E-state index contributed by atoms with van der Waals surface area (Å²) in [4.78, 5) is 52.5. The largest absolute Gasteiger partial charge is 0.477 e. The van der Waals surface area contributed by atoms with Crippen LogP contribution in [-0.2, 0) is 19.2 Å². The molecule has 1 saturated heterocycles. The van der Waals surface area contributed by atoms with Gasteiger partial charge in [-0.1, -0.05) is 23.9 Å². The van der Waals surface area contributed by atoms with Gasteiger partial charge in [-0.3, -0.25) is 19.5 Å². The van der Waals surface area contributed by atoms with E-state index in [2.05, 4.69) is 27.0 Å². The number of amides is 2. The van der Waals surface area contributed by atoms with E-state index < -0.39 is 29.2 Å². The number of carboxylic acids is 1. The summed E-state index contributed by atoms with van der Waals surface area (Å²) >= 11 is 3.94. The highest BCUT2D eigenvalue weighted by atomic mass is 32.2. The molecule has 1 unspecified atom stereocenters. The number of fused-ring (bicyclic) bond motifs is 1. The Morgan fingerprint density at radius 1 is 1.46 bits per heavy atom. The molecule has 192 valence electrons. The minimum Gasteiger partial charge on any atom is -0.477 e. The maximum Gasteiger partial charge on any atom is 0.352 e. The van der Waals surface area contributed by atoms with Gasteiger partial charge in [-0.05, 0) is 28.7 Å². The quantitative estimate of drug-likeness (QED) is 0.123. The molecule has 0 aliphatic carbocycles. The number of nitrogens with two attached hydrogens (primary N) is 1. The van der Waals surface area contributed by atoms with Gasteiger partial charge in [-0.2, -0.15) is 0 Å². The van der Waals surface area contributed by atoms with Gasteiger partial charge in [-0.15, -0.1) is 34.9 Å². The van der Waals surface area contributed by atoms with Crippen molar-refractivity contribution in [2.45, 2.75) is 11.4 Å². The fraction of sp³-hybridized carbons (Fsp3) is 0.217. The molecular weight excluding hydrogens is 536 g/mol. The molecule has 11 nitrogen and oxygen atoms in total. The number of carbonyl (C=O) groups excluding carboxylic acids is 2. The van der Waals surface area contributed by atoms with Crippen LogP contribution in [0.25, 0.3) is 6.08 Å². The van der Waals surface area contributed by atoms with Crippen LogP contribution in [-0.4, -0.2) is 73.0 Å². The van der Waals surface area contributed by atoms with Crippen molar-refractivity contribution in [2.75, 3.05) is 23.8 Å². The van der Waals surface area contributed by atoms with E-state index >= 15 is 0 Å². The van der Waals surface area contributed by atoms with Crippen LogP contribution in [0.2, 0.25) is 0 Å². The normalized spacial score (nSPS) is 19.4. The number of nitrogen functional groups attached to an aromatic ring is 1. The zero-order chi connectivity index (χ0) is 26.4. The van der Waals surface area contributed by atoms with Crippen molar-refractivity contribution in [3.8, 4) is 0 Å². The van der Waals surface area contributed by atoms with Crippen molar-refractivity contribution >= 4 is 69.6 Å². The van der Waals surface area contributed by atoms with E-state index in [1.807, 2.05) is 23.6 Å². The second kappa shape index (κ2) is 12.1. The number of carboxylic acid groups (broad SMARTS) is 1. The van der Waals surface area contributed by atoms with Crippen LogP contribution < -0.4 is 11.1 Å². The van der Waals surface area contributed by atoms with Gasteiger partial charge in [0.15, 0.2) is 10.8 Å². The second-order valence-corrected chi connectivity index (χ2v) is 10.5. The first-order chi connectivity index (χ1) is 17.9. The van der Waals surface area contributed by atoms with Gasteiger partial charge in [0.2, 0.25) is 0 Å². The van der Waals surface area contributed by atoms with Crippen molar-refractivity contribution in [2.24, 2.45) is 5.16 Å². The summed E-state index contributed by atoms with van der Waals surface area (Å²) in [5, 5.41) is 19.4. The Morgan fingerprint density at radius 3 is 2.97 bits per heavy atom. The molecule has 2 aliphatic rings. The molecule has 4 heterocycles. The Kier molecular flexibility index (Phi) is 8.63. The fourth-order valence-electron chi connectivity index (χ4n) is 3.51. The van der Waals surface area contributed by atoms with Gasteiger partial charge >= 0.3 is 5.97 Å². The first-order valence-corrected chi connectivity index (χ1v) is 13.8. The number of oxime groups is 1. The molecule has 0 bridgehead atoms. The lowest BCUT2D eigenvalue weighted by Gasteiger charge is -2.49. The van der Waals surface area contributed by atoms with Gasteiger partial charge in [0.25, 0.3) is 11.8 Å². The van der Waals surface area contributed by atoms with Crippen LogP contribution in [0, 0.1) is 0 Å². The van der Waals surface area contributed by atoms with E-state index in [0.29, 0.717) is 17.1 Å². The first-order valence-electron chi connectivity index (χ1n) is 10.8. The summed E-state index contributed by atoms with van der Waals surface area (Å²) in [5.41, 5.74) is 7.25. The molecule has 0 aromatic carbocycles. The van der Waals surface area contributed by atoms with Crippen molar-refractivity contribution < 1.29 is 24.3 Å². The number of nitrogens with one attached hydrogen (secondary N) is 1. The summed E-state index contributed by atoms with van der Waals surface area (Å²) in [5.74, 6) is -1.58. The number of carbonyl (C=O) groups is 3. The Hall–Kier alpha value is -3.62. The molecular formula is C23H22N6O5S3. The van der Waals surface area contributed by atoms with Crippen molar-refractivity contribution in [3.05, 3.63) is 70.5 Å². The van der Waals surface area contributed by atoms with Crippen LogP contribution in [0.15, 0.2) is 64.4 Å². The van der Waals surface area contributed by atoms with Gasteiger partial charge in [0.05, 0.1) is 0 Å². The number of rotatable bonds is 11. The summed E-state index contributed by atoms with van der Waals surface area (Å²) < 4.78 is 0. The average molecular weight is 559 g/mol. The Bertz CT molecular complexity index is 1290. The molecule has 1 fully saturated rings. The van der Waals surface area contributed by atoms with Gasteiger partial charge in [-0.25, -0.2) is 9.78 Å². The fourth-order valence-corrected chi connectivity index (χ4v) is 6.32. The Balaban J connectivity index is 1.45. The van der Waals surface area contributed by atoms with Crippen molar-refractivity contribution in [1.29, 1.82) is 0 Å². The minimum absolute atomic E-state index is 0.0444. The van der Waals surface area contributed by atoms with Gasteiger partial charge in [0.1, 0.15) is 29.4 Å². The number of hydrogen-bond acceptors (Lipinski definition) is 11. The highest BCUT2D eigenvalue weighted by Gasteiger charge is 2.54. The van der Waals surface area contributed by atoms with Gasteiger partial charge in [0, 0.05) is 29.3 Å². The smallest absolute Gasteiger partial charge is 0.352 e. The molecule has 4 rings (SSSR count). The predicted octanol–water partition coefficient (Wildman–Crippen LogP) is 2.17. The summed E-state index contributed by atoms with van der Waals surface area (Å²) in [7, 11) is 0. The predicted molar refractivity (Wildman–Crippen MR) is 145 cm³/mol. The van der Waals surface area contributed by atoms with Crippen LogP contribution in [0.5, 0.6) is 0 Å². The molecule has 37 heavy (non-hydrogen) atoms. The van der Waals surface area contributed by atoms with Crippen LogP contribution >= 0.6 is 34.9 Å². The van der Waals surface area contributed by atoms with E-state index in [0.717, 1.165) is 16.9 Å². The lowest BCUT2D eigenvalue weighted by molar-refractivity contribution is -0.150. The Labute approximate surface area is 224 Å². The monoisotopic (exact) mass is 558 g/mol. The number of hydrogen-bond donors (Lipinski definition) is 3. The number of pyridine rings is 1. The number of β-lactam (4-membered cyclic amide) rings is 1. The molecule has 2 aliphatic heterocycles. The van der Waals surface area contributed by atoms with Crippen molar-refractivity contribution in [1.82, 2.24) is 20.2 Å². The second-order valence-electron chi connectivity index (χ2n) is 7.61. The number of anilines is 1.